The first kappa shape index (κ1) is 24.2. The SMILES string of the molecule is CC(C)(CC(O)(Cc1cccc(Cl)c1)C(N)c1ccc2c(c1)COC2=O)c1cc(F)ccc1O. The summed E-state index contributed by atoms with van der Waals surface area (Å²) in [5.41, 5.74) is 7.34. The summed E-state index contributed by atoms with van der Waals surface area (Å²) >= 11 is 6.18. The van der Waals surface area contributed by atoms with E-state index in [-0.39, 0.29) is 31.2 Å². The third-order valence-electron chi connectivity index (χ3n) is 6.48. The van der Waals surface area contributed by atoms with Crippen molar-refractivity contribution < 1.29 is 24.1 Å². The molecule has 178 valence electrons. The molecule has 0 saturated heterocycles. The van der Waals surface area contributed by atoms with E-state index in [1.165, 1.54) is 18.2 Å². The van der Waals surface area contributed by atoms with Crippen molar-refractivity contribution in [1.82, 2.24) is 0 Å². The Morgan fingerprint density at radius 2 is 1.91 bits per heavy atom. The van der Waals surface area contributed by atoms with E-state index in [1.54, 1.807) is 36.4 Å². The van der Waals surface area contributed by atoms with Gasteiger partial charge < -0.3 is 20.7 Å². The molecular weight excluding hydrogens is 457 g/mol. The third-order valence-corrected chi connectivity index (χ3v) is 6.72. The standard InChI is InChI=1S/C27H27ClFNO4/c1-26(2,22-12-20(29)7-9-23(22)31)15-27(33,13-16-4-3-5-19(28)10-16)24(30)17-6-8-21-18(11-17)14-34-25(21)32/h3-12,24,31,33H,13-15,30H2,1-2H3. The van der Waals surface area contributed by atoms with Crippen LogP contribution in [0.15, 0.2) is 60.7 Å². The van der Waals surface area contributed by atoms with Crippen molar-refractivity contribution in [2.75, 3.05) is 0 Å². The zero-order valence-corrected chi connectivity index (χ0v) is 19.8. The van der Waals surface area contributed by atoms with E-state index >= 15 is 0 Å². The number of esters is 1. The molecule has 34 heavy (non-hydrogen) atoms. The fraction of sp³-hybridized carbons (Fsp3) is 0.296. The van der Waals surface area contributed by atoms with Crippen molar-refractivity contribution in [1.29, 1.82) is 0 Å². The average molecular weight is 484 g/mol. The number of rotatable bonds is 7. The van der Waals surface area contributed by atoms with E-state index in [9.17, 15) is 19.4 Å². The molecule has 0 fully saturated rings. The molecule has 4 N–H and O–H groups in total. The number of phenols is 1. The Morgan fingerprint density at radius 1 is 1.15 bits per heavy atom. The molecule has 0 radical (unpaired) electrons. The summed E-state index contributed by atoms with van der Waals surface area (Å²) < 4.78 is 19.1. The summed E-state index contributed by atoms with van der Waals surface area (Å²) in [6.45, 7) is 3.81. The summed E-state index contributed by atoms with van der Waals surface area (Å²) in [5, 5.41) is 23.1. The molecule has 3 aromatic carbocycles. The van der Waals surface area contributed by atoms with E-state index < -0.39 is 22.9 Å². The maximum absolute atomic E-state index is 14.0. The Labute approximate surface area is 202 Å². The lowest BCUT2D eigenvalue weighted by molar-refractivity contribution is -0.0120. The number of hydrogen-bond donors (Lipinski definition) is 3. The van der Waals surface area contributed by atoms with E-state index in [0.717, 1.165) is 5.56 Å². The van der Waals surface area contributed by atoms with Gasteiger partial charge in [-0.15, -0.1) is 0 Å². The van der Waals surface area contributed by atoms with Crippen LogP contribution >= 0.6 is 11.6 Å². The molecule has 5 nitrogen and oxygen atoms in total. The van der Waals surface area contributed by atoms with Gasteiger partial charge in [0.2, 0.25) is 0 Å². The highest BCUT2D eigenvalue weighted by Crippen LogP contribution is 2.43. The summed E-state index contributed by atoms with van der Waals surface area (Å²) in [4.78, 5) is 11.9. The van der Waals surface area contributed by atoms with E-state index in [4.69, 9.17) is 22.1 Å². The highest BCUT2D eigenvalue weighted by Gasteiger charge is 2.42. The molecule has 0 aliphatic carbocycles. The topological polar surface area (TPSA) is 92.8 Å². The first-order valence-corrected chi connectivity index (χ1v) is 11.4. The molecular formula is C27H27ClFNO4. The number of fused-ring (bicyclic) bond motifs is 1. The molecule has 1 heterocycles. The lowest BCUT2D eigenvalue weighted by Crippen LogP contribution is -2.47. The number of halogens is 2. The summed E-state index contributed by atoms with van der Waals surface area (Å²) in [6, 6.07) is 15.2. The van der Waals surface area contributed by atoms with Crippen molar-refractivity contribution in [2.45, 2.75) is 50.4 Å². The maximum Gasteiger partial charge on any atom is 0.338 e. The van der Waals surface area contributed by atoms with Crippen LogP contribution in [0, 0.1) is 5.82 Å². The Kier molecular flexibility index (Phi) is 6.42. The van der Waals surface area contributed by atoms with Crippen LogP contribution in [0.2, 0.25) is 5.02 Å². The van der Waals surface area contributed by atoms with Gasteiger partial charge in [-0.2, -0.15) is 0 Å². The quantitative estimate of drug-likeness (QED) is 0.402. The summed E-state index contributed by atoms with van der Waals surface area (Å²) in [6.07, 6.45) is 0.276. The Morgan fingerprint density at radius 3 is 2.65 bits per heavy atom. The first-order valence-electron chi connectivity index (χ1n) is 11.0. The Bertz CT molecular complexity index is 1250. The van der Waals surface area contributed by atoms with Gasteiger partial charge in [0.05, 0.1) is 17.2 Å². The summed E-state index contributed by atoms with van der Waals surface area (Å²) in [5.74, 6) is -0.919. The molecule has 0 amide bonds. The maximum atomic E-state index is 14.0. The minimum absolute atomic E-state index is 0.0572. The Hall–Kier alpha value is -2.93. The predicted molar refractivity (Wildman–Crippen MR) is 128 cm³/mol. The number of carbonyl (C=O) groups is 1. The van der Waals surface area contributed by atoms with Gasteiger partial charge in [-0.05, 0) is 65.4 Å². The number of hydrogen-bond acceptors (Lipinski definition) is 5. The molecule has 7 heteroatoms. The fourth-order valence-corrected chi connectivity index (χ4v) is 5.06. The molecule has 1 aliphatic rings. The molecule has 0 saturated carbocycles. The van der Waals surface area contributed by atoms with Gasteiger partial charge in [-0.1, -0.05) is 43.6 Å². The molecule has 1 aliphatic heterocycles. The van der Waals surface area contributed by atoms with Gasteiger partial charge in [0, 0.05) is 22.6 Å². The highest BCUT2D eigenvalue weighted by molar-refractivity contribution is 6.30. The molecule has 3 aromatic rings. The van der Waals surface area contributed by atoms with Crippen molar-refractivity contribution in [2.24, 2.45) is 5.73 Å². The molecule has 2 unspecified atom stereocenters. The number of ether oxygens (including phenoxy) is 1. The molecule has 0 spiro atoms. The minimum atomic E-state index is -1.51. The van der Waals surface area contributed by atoms with E-state index in [2.05, 4.69) is 0 Å². The van der Waals surface area contributed by atoms with Gasteiger partial charge in [0.1, 0.15) is 18.2 Å². The number of nitrogens with two attached hydrogens (primary N) is 1. The molecule has 2 atom stereocenters. The molecule has 0 aromatic heterocycles. The van der Waals surface area contributed by atoms with Crippen LogP contribution in [0.3, 0.4) is 0 Å². The largest absolute Gasteiger partial charge is 0.508 e. The van der Waals surface area contributed by atoms with Crippen LogP contribution in [-0.4, -0.2) is 21.8 Å². The highest BCUT2D eigenvalue weighted by atomic mass is 35.5. The normalized spacial score (nSPS) is 16.0. The molecule has 0 bridgehead atoms. The smallest absolute Gasteiger partial charge is 0.338 e. The van der Waals surface area contributed by atoms with Gasteiger partial charge in [0.25, 0.3) is 0 Å². The zero-order chi connectivity index (χ0) is 24.7. The van der Waals surface area contributed by atoms with Crippen LogP contribution in [0.25, 0.3) is 0 Å². The minimum Gasteiger partial charge on any atom is -0.508 e. The fourth-order valence-electron chi connectivity index (χ4n) is 4.85. The second kappa shape index (κ2) is 9.02. The number of phenolic OH excluding ortho intramolecular Hbond substituents is 1. The average Bonchev–Trinajstić information content (AvgIpc) is 3.14. The number of carbonyl (C=O) groups excluding carboxylic acids is 1. The van der Waals surface area contributed by atoms with Crippen LogP contribution in [-0.2, 0) is 23.2 Å². The van der Waals surface area contributed by atoms with Crippen molar-refractivity contribution in [3.05, 3.63) is 99.3 Å². The van der Waals surface area contributed by atoms with Gasteiger partial charge >= 0.3 is 5.97 Å². The zero-order valence-electron chi connectivity index (χ0n) is 19.0. The number of cyclic esters (lactones) is 1. The van der Waals surface area contributed by atoms with Crippen LogP contribution in [0.5, 0.6) is 5.75 Å². The van der Waals surface area contributed by atoms with E-state index in [1.807, 2.05) is 19.9 Å². The summed E-state index contributed by atoms with van der Waals surface area (Å²) in [7, 11) is 0. The molecule has 4 rings (SSSR count). The van der Waals surface area contributed by atoms with Crippen LogP contribution < -0.4 is 5.73 Å². The number of aliphatic hydroxyl groups is 1. The van der Waals surface area contributed by atoms with Crippen molar-refractivity contribution in [3.8, 4) is 5.75 Å². The van der Waals surface area contributed by atoms with Crippen LogP contribution in [0.4, 0.5) is 4.39 Å². The van der Waals surface area contributed by atoms with Gasteiger partial charge in [-0.25, -0.2) is 9.18 Å². The first-order chi connectivity index (χ1) is 16.0. The van der Waals surface area contributed by atoms with Gasteiger partial charge in [0.15, 0.2) is 0 Å². The predicted octanol–water partition coefficient (Wildman–Crippen LogP) is 5.20. The number of aromatic hydroxyl groups is 1. The second-order valence-electron chi connectivity index (χ2n) is 9.60. The number of benzene rings is 3. The lowest BCUT2D eigenvalue weighted by Gasteiger charge is -2.41. The second-order valence-corrected chi connectivity index (χ2v) is 10.0. The monoisotopic (exact) mass is 483 g/mol. The van der Waals surface area contributed by atoms with Crippen LogP contribution in [0.1, 0.15) is 58.9 Å². The Balaban J connectivity index is 1.75. The van der Waals surface area contributed by atoms with Crippen molar-refractivity contribution >= 4 is 17.6 Å². The van der Waals surface area contributed by atoms with Gasteiger partial charge in [-0.3, -0.25) is 0 Å². The van der Waals surface area contributed by atoms with Crippen molar-refractivity contribution in [3.63, 3.8) is 0 Å². The third kappa shape index (κ3) is 4.80. The van der Waals surface area contributed by atoms with E-state index in [0.29, 0.717) is 27.3 Å². The lowest BCUT2D eigenvalue weighted by atomic mass is 9.69.